The molecule has 0 saturated heterocycles. The molecule has 1 aromatic carbocycles. The monoisotopic (exact) mass is 331 g/mol. The summed E-state index contributed by atoms with van der Waals surface area (Å²) in [6.07, 6.45) is 7.83. The standard InChI is InChI=1S/C22H25N3/c1-5-7-12-22(3,4)20-13-17(10-11-19(20)6-2)8-9-18-15-24-21(14-23)25-16-18/h10-11,13,15-16H,5-7,12H2,1-4H3. The van der Waals surface area contributed by atoms with Crippen LogP contribution in [0, 0.1) is 23.2 Å². The largest absolute Gasteiger partial charge is 0.232 e. The third-order valence-corrected chi connectivity index (χ3v) is 4.48. The summed E-state index contributed by atoms with van der Waals surface area (Å²) in [5.74, 6) is 6.46. The quantitative estimate of drug-likeness (QED) is 0.741. The van der Waals surface area contributed by atoms with Gasteiger partial charge in [-0.05, 0) is 41.5 Å². The molecule has 0 aliphatic rings. The van der Waals surface area contributed by atoms with Crippen molar-refractivity contribution in [3.8, 4) is 17.9 Å². The molecular weight excluding hydrogens is 306 g/mol. The van der Waals surface area contributed by atoms with Crippen molar-refractivity contribution in [1.29, 1.82) is 5.26 Å². The second-order valence-corrected chi connectivity index (χ2v) is 6.87. The van der Waals surface area contributed by atoms with Crippen LogP contribution >= 0.6 is 0 Å². The molecule has 2 aromatic rings. The third-order valence-electron chi connectivity index (χ3n) is 4.48. The Bertz CT molecular complexity index is 815. The number of rotatable bonds is 5. The highest BCUT2D eigenvalue weighted by molar-refractivity contribution is 5.46. The molecule has 0 bridgehead atoms. The second-order valence-electron chi connectivity index (χ2n) is 6.87. The Hall–Kier alpha value is -2.65. The van der Waals surface area contributed by atoms with Crippen molar-refractivity contribution in [2.75, 3.05) is 0 Å². The number of nitriles is 1. The Kier molecular flexibility index (Phi) is 6.31. The van der Waals surface area contributed by atoms with E-state index in [4.69, 9.17) is 5.26 Å². The maximum atomic E-state index is 8.74. The Morgan fingerprint density at radius 1 is 1.04 bits per heavy atom. The van der Waals surface area contributed by atoms with Gasteiger partial charge in [-0.3, -0.25) is 0 Å². The van der Waals surface area contributed by atoms with Gasteiger partial charge >= 0.3 is 0 Å². The van der Waals surface area contributed by atoms with Crippen LogP contribution in [0.5, 0.6) is 0 Å². The van der Waals surface area contributed by atoms with Crippen molar-refractivity contribution in [2.24, 2.45) is 0 Å². The minimum absolute atomic E-state index is 0.149. The summed E-state index contributed by atoms with van der Waals surface area (Å²) in [6, 6.07) is 8.42. The smallest absolute Gasteiger partial charge is 0.226 e. The Labute approximate surface area is 151 Å². The molecule has 3 heteroatoms. The highest BCUT2D eigenvalue weighted by atomic mass is 14.9. The first-order chi connectivity index (χ1) is 12.0. The topological polar surface area (TPSA) is 49.6 Å². The van der Waals surface area contributed by atoms with E-state index in [2.05, 4.69) is 67.7 Å². The van der Waals surface area contributed by atoms with Crippen molar-refractivity contribution < 1.29 is 0 Å². The zero-order valence-corrected chi connectivity index (χ0v) is 15.6. The number of benzene rings is 1. The van der Waals surface area contributed by atoms with Crippen LogP contribution in [-0.2, 0) is 11.8 Å². The summed E-state index contributed by atoms with van der Waals surface area (Å²) >= 11 is 0. The number of hydrogen-bond donors (Lipinski definition) is 0. The Morgan fingerprint density at radius 3 is 2.32 bits per heavy atom. The van der Waals surface area contributed by atoms with Crippen molar-refractivity contribution >= 4 is 0 Å². The van der Waals surface area contributed by atoms with E-state index >= 15 is 0 Å². The number of nitrogens with zero attached hydrogens (tertiary/aromatic N) is 3. The van der Waals surface area contributed by atoms with E-state index < -0.39 is 0 Å². The molecule has 0 aliphatic heterocycles. The van der Waals surface area contributed by atoms with Gasteiger partial charge in [0, 0.05) is 18.0 Å². The lowest BCUT2D eigenvalue weighted by atomic mass is 9.77. The van der Waals surface area contributed by atoms with Gasteiger partial charge in [0.2, 0.25) is 5.82 Å². The molecule has 1 heterocycles. The van der Waals surface area contributed by atoms with Crippen LogP contribution in [0.2, 0.25) is 0 Å². The highest BCUT2D eigenvalue weighted by Gasteiger charge is 2.22. The maximum absolute atomic E-state index is 8.74. The Balaban J connectivity index is 2.33. The normalized spacial score (nSPS) is 10.7. The van der Waals surface area contributed by atoms with Gasteiger partial charge in [0.1, 0.15) is 6.07 Å². The van der Waals surface area contributed by atoms with Crippen molar-refractivity contribution in [2.45, 2.75) is 58.8 Å². The summed E-state index contributed by atoms with van der Waals surface area (Å²) in [4.78, 5) is 7.91. The first-order valence-electron chi connectivity index (χ1n) is 8.87. The fourth-order valence-electron chi connectivity index (χ4n) is 2.94. The van der Waals surface area contributed by atoms with E-state index in [1.807, 2.05) is 6.07 Å². The van der Waals surface area contributed by atoms with Gasteiger partial charge in [0.15, 0.2) is 0 Å². The van der Waals surface area contributed by atoms with Gasteiger partial charge in [0.05, 0.1) is 5.56 Å². The first kappa shape index (κ1) is 18.7. The average molecular weight is 331 g/mol. The molecule has 0 saturated carbocycles. The van der Waals surface area contributed by atoms with Crippen molar-refractivity contribution in [1.82, 2.24) is 9.97 Å². The molecule has 0 spiro atoms. The predicted octanol–water partition coefficient (Wildman–Crippen LogP) is 4.78. The van der Waals surface area contributed by atoms with Crippen molar-refractivity contribution in [3.63, 3.8) is 0 Å². The van der Waals surface area contributed by atoms with Gasteiger partial charge in [0.25, 0.3) is 0 Å². The van der Waals surface area contributed by atoms with Crippen LogP contribution in [0.1, 0.15) is 75.0 Å². The fourth-order valence-corrected chi connectivity index (χ4v) is 2.94. The SMILES string of the molecule is CCCCC(C)(C)c1cc(C#Cc2cnc(C#N)nc2)ccc1CC. The average Bonchev–Trinajstić information content (AvgIpc) is 2.65. The lowest BCUT2D eigenvalue weighted by molar-refractivity contribution is 0.454. The minimum atomic E-state index is 0.149. The number of aryl methyl sites for hydroxylation is 1. The van der Waals surface area contributed by atoms with Crippen LogP contribution in [0.4, 0.5) is 0 Å². The summed E-state index contributed by atoms with van der Waals surface area (Å²) in [5, 5.41) is 8.74. The molecule has 1 aromatic heterocycles. The molecule has 0 aliphatic carbocycles. The van der Waals surface area contributed by atoms with Gasteiger partial charge < -0.3 is 0 Å². The molecule has 0 atom stereocenters. The van der Waals surface area contributed by atoms with Gasteiger partial charge in [-0.25, -0.2) is 9.97 Å². The van der Waals surface area contributed by atoms with E-state index in [9.17, 15) is 0 Å². The summed E-state index contributed by atoms with van der Waals surface area (Å²) < 4.78 is 0. The Morgan fingerprint density at radius 2 is 1.72 bits per heavy atom. The molecule has 128 valence electrons. The predicted molar refractivity (Wildman–Crippen MR) is 101 cm³/mol. The van der Waals surface area contributed by atoms with E-state index in [1.54, 1.807) is 12.4 Å². The van der Waals surface area contributed by atoms with Crippen LogP contribution in [-0.4, -0.2) is 9.97 Å². The summed E-state index contributed by atoms with van der Waals surface area (Å²) in [5.41, 5.74) is 4.66. The zero-order valence-electron chi connectivity index (χ0n) is 15.6. The maximum Gasteiger partial charge on any atom is 0.232 e. The van der Waals surface area contributed by atoms with E-state index in [-0.39, 0.29) is 11.2 Å². The molecule has 0 unspecified atom stereocenters. The summed E-state index contributed by atoms with van der Waals surface area (Å²) in [6.45, 7) is 9.08. The van der Waals surface area contributed by atoms with Crippen LogP contribution in [0.25, 0.3) is 0 Å². The lowest BCUT2D eigenvalue weighted by Gasteiger charge is -2.28. The molecule has 0 radical (unpaired) electrons. The second kappa shape index (κ2) is 8.45. The molecule has 25 heavy (non-hydrogen) atoms. The van der Waals surface area contributed by atoms with Crippen LogP contribution in [0.3, 0.4) is 0 Å². The third kappa shape index (κ3) is 4.91. The highest BCUT2D eigenvalue weighted by Crippen LogP contribution is 2.32. The lowest BCUT2D eigenvalue weighted by Crippen LogP contribution is -2.19. The molecule has 3 nitrogen and oxygen atoms in total. The number of hydrogen-bond acceptors (Lipinski definition) is 3. The molecule has 0 amide bonds. The summed E-state index contributed by atoms with van der Waals surface area (Å²) in [7, 11) is 0. The van der Waals surface area contributed by atoms with Gasteiger partial charge in [-0.15, -0.1) is 0 Å². The van der Waals surface area contributed by atoms with Crippen LogP contribution < -0.4 is 0 Å². The van der Waals surface area contributed by atoms with Crippen molar-refractivity contribution in [3.05, 3.63) is 58.7 Å². The van der Waals surface area contributed by atoms with E-state index in [0.29, 0.717) is 5.56 Å². The fraction of sp³-hybridized carbons (Fsp3) is 0.409. The minimum Gasteiger partial charge on any atom is -0.226 e. The van der Waals surface area contributed by atoms with Gasteiger partial charge in [-0.2, -0.15) is 5.26 Å². The molecule has 0 N–H and O–H groups in total. The molecular formula is C22H25N3. The van der Waals surface area contributed by atoms with Gasteiger partial charge in [-0.1, -0.05) is 58.4 Å². The van der Waals surface area contributed by atoms with Crippen LogP contribution in [0.15, 0.2) is 30.6 Å². The molecule has 2 rings (SSSR count). The van der Waals surface area contributed by atoms with E-state index in [0.717, 1.165) is 12.0 Å². The molecule has 0 fully saturated rings. The zero-order chi connectivity index (χ0) is 18.3. The number of aromatic nitrogens is 2. The number of unbranched alkanes of at least 4 members (excludes halogenated alkanes) is 1. The van der Waals surface area contributed by atoms with E-state index in [1.165, 1.54) is 30.4 Å². The first-order valence-corrected chi connectivity index (χ1v) is 8.87.